The van der Waals surface area contributed by atoms with Crippen LogP contribution in [0.4, 0.5) is 0 Å². The third-order valence-corrected chi connectivity index (χ3v) is 8.90. The molecule has 0 aromatic heterocycles. The molecule has 22 heavy (non-hydrogen) atoms. The van der Waals surface area contributed by atoms with E-state index >= 15 is 0 Å². The van der Waals surface area contributed by atoms with Crippen molar-refractivity contribution >= 4 is 8.32 Å². The van der Waals surface area contributed by atoms with Gasteiger partial charge >= 0.3 is 0 Å². The average Bonchev–Trinajstić information content (AvgIpc) is 2.90. The van der Waals surface area contributed by atoms with Crippen molar-refractivity contribution in [2.24, 2.45) is 0 Å². The van der Waals surface area contributed by atoms with Crippen LogP contribution in [0.2, 0.25) is 18.1 Å². The van der Waals surface area contributed by atoms with Gasteiger partial charge in [-0.15, -0.1) is 5.92 Å². The molecule has 0 unspecified atom stereocenters. The summed E-state index contributed by atoms with van der Waals surface area (Å²) in [5, 5.41) is 10.1. The standard InChI is InChI=1S/C17H32O4Si/c1-17(2,3)22(4,5)21-12-11-15(18)9-7-6-8-10-16-19-13-14-20-16/h15-16,18H,6,8,10-14H2,1-5H3/t15-/m1/s1. The molecule has 0 bridgehead atoms. The SMILES string of the molecule is CC(C)(C)[Si](C)(C)OCC[C@H](O)C#CCCCC1OCCO1. The maximum atomic E-state index is 9.87. The summed E-state index contributed by atoms with van der Waals surface area (Å²) in [4.78, 5) is 0. The Bertz CT molecular complexity index is 372. The van der Waals surface area contributed by atoms with Gasteiger partial charge in [-0.25, -0.2) is 0 Å². The molecule has 1 fully saturated rings. The largest absolute Gasteiger partial charge is 0.417 e. The van der Waals surface area contributed by atoms with E-state index in [1.807, 2.05) is 0 Å². The summed E-state index contributed by atoms with van der Waals surface area (Å²) < 4.78 is 16.8. The molecule has 5 heteroatoms. The van der Waals surface area contributed by atoms with Crippen molar-refractivity contribution in [3.8, 4) is 11.8 Å². The van der Waals surface area contributed by atoms with E-state index in [9.17, 15) is 5.11 Å². The average molecular weight is 329 g/mol. The summed E-state index contributed by atoms with van der Waals surface area (Å²) in [6, 6.07) is 0. The van der Waals surface area contributed by atoms with Crippen LogP contribution in [0.3, 0.4) is 0 Å². The van der Waals surface area contributed by atoms with Gasteiger partial charge in [-0.2, -0.15) is 0 Å². The smallest absolute Gasteiger partial charge is 0.191 e. The van der Waals surface area contributed by atoms with E-state index in [1.165, 1.54) is 0 Å². The molecule has 1 rings (SSSR count). The molecule has 4 nitrogen and oxygen atoms in total. The van der Waals surface area contributed by atoms with Gasteiger partial charge in [-0.05, 0) is 31.0 Å². The fourth-order valence-corrected chi connectivity index (χ4v) is 2.90. The molecule has 0 saturated carbocycles. The summed E-state index contributed by atoms with van der Waals surface area (Å²) in [7, 11) is -1.72. The summed E-state index contributed by atoms with van der Waals surface area (Å²) in [6.07, 6.45) is 2.51. The maximum absolute atomic E-state index is 9.87. The molecule has 0 aromatic carbocycles. The number of aliphatic hydroxyl groups excluding tert-OH is 1. The van der Waals surface area contributed by atoms with Crippen molar-refractivity contribution in [2.45, 2.75) is 77.0 Å². The predicted molar refractivity (Wildman–Crippen MR) is 91.1 cm³/mol. The highest BCUT2D eigenvalue weighted by Gasteiger charge is 2.36. The molecule has 0 aliphatic carbocycles. The fraction of sp³-hybridized carbons (Fsp3) is 0.882. The monoisotopic (exact) mass is 328 g/mol. The van der Waals surface area contributed by atoms with Crippen LogP contribution in [0.1, 0.15) is 46.5 Å². The first kappa shape index (κ1) is 19.7. The lowest BCUT2D eigenvalue weighted by Gasteiger charge is -2.36. The van der Waals surface area contributed by atoms with Crippen molar-refractivity contribution in [3.05, 3.63) is 0 Å². The Morgan fingerprint density at radius 3 is 2.50 bits per heavy atom. The number of aliphatic hydroxyl groups is 1. The molecule has 1 atom stereocenters. The highest BCUT2D eigenvalue weighted by atomic mass is 28.4. The van der Waals surface area contributed by atoms with Crippen molar-refractivity contribution in [1.82, 2.24) is 0 Å². The van der Waals surface area contributed by atoms with E-state index in [4.69, 9.17) is 13.9 Å². The van der Waals surface area contributed by atoms with E-state index < -0.39 is 14.4 Å². The summed E-state index contributed by atoms with van der Waals surface area (Å²) in [6.45, 7) is 13.1. The first-order valence-corrected chi connectivity index (χ1v) is 11.2. The van der Waals surface area contributed by atoms with Crippen molar-refractivity contribution in [3.63, 3.8) is 0 Å². The Morgan fingerprint density at radius 1 is 1.27 bits per heavy atom. The van der Waals surface area contributed by atoms with Crippen LogP contribution in [0.15, 0.2) is 0 Å². The van der Waals surface area contributed by atoms with Gasteiger partial charge in [0.25, 0.3) is 0 Å². The third kappa shape index (κ3) is 7.25. The van der Waals surface area contributed by atoms with Crippen LogP contribution < -0.4 is 0 Å². The van der Waals surface area contributed by atoms with Gasteiger partial charge in [0.2, 0.25) is 0 Å². The van der Waals surface area contributed by atoms with Gasteiger partial charge in [0.05, 0.1) is 13.2 Å². The molecule has 0 aromatic rings. The fourth-order valence-electron chi connectivity index (χ4n) is 1.84. The van der Waals surface area contributed by atoms with Crippen molar-refractivity contribution in [1.29, 1.82) is 0 Å². The van der Waals surface area contributed by atoms with E-state index in [1.54, 1.807) is 0 Å². The van der Waals surface area contributed by atoms with Gasteiger partial charge in [0, 0.05) is 19.4 Å². The maximum Gasteiger partial charge on any atom is 0.191 e. The van der Waals surface area contributed by atoms with E-state index in [-0.39, 0.29) is 11.3 Å². The molecule has 128 valence electrons. The molecule has 1 N–H and O–H groups in total. The Labute approximate surface area is 136 Å². The normalized spacial score (nSPS) is 18.1. The number of rotatable bonds is 7. The van der Waals surface area contributed by atoms with Gasteiger partial charge in [0.15, 0.2) is 14.6 Å². The summed E-state index contributed by atoms with van der Waals surface area (Å²) >= 11 is 0. The lowest BCUT2D eigenvalue weighted by atomic mass is 10.2. The van der Waals surface area contributed by atoms with Crippen LogP contribution >= 0.6 is 0 Å². The lowest BCUT2D eigenvalue weighted by molar-refractivity contribution is -0.0474. The summed E-state index contributed by atoms with van der Waals surface area (Å²) in [5.74, 6) is 5.92. The minimum absolute atomic E-state index is 0.0512. The zero-order valence-electron chi connectivity index (χ0n) is 14.8. The van der Waals surface area contributed by atoms with Gasteiger partial charge in [0.1, 0.15) is 6.10 Å². The van der Waals surface area contributed by atoms with Crippen molar-refractivity contribution in [2.75, 3.05) is 19.8 Å². The zero-order chi connectivity index (χ0) is 16.6. The molecule has 1 aliphatic rings. The minimum Gasteiger partial charge on any atom is -0.417 e. The predicted octanol–water partition coefficient (Wildman–Crippen LogP) is 3.31. The van der Waals surface area contributed by atoms with Gasteiger partial charge < -0.3 is 19.0 Å². The number of unbranched alkanes of at least 4 members (excludes halogenated alkanes) is 1. The second kappa shape index (κ2) is 9.04. The lowest BCUT2D eigenvalue weighted by Crippen LogP contribution is -2.41. The van der Waals surface area contributed by atoms with Crippen LogP contribution in [0.25, 0.3) is 0 Å². The first-order chi connectivity index (χ1) is 10.2. The molecular weight excluding hydrogens is 296 g/mol. The Hall–Kier alpha value is -0.383. The molecule has 1 saturated heterocycles. The molecule has 1 aliphatic heterocycles. The summed E-state index contributed by atoms with van der Waals surface area (Å²) in [5.41, 5.74) is 0. The zero-order valence-corrected chi connectivity index (χ0v) is 15.8. The number of hydrogen-bond donors (Lipinski definition) is 1. The van der Waals surface area contributed by atoms with Crippen LogP contribution in [0, 0.1) is 11.8 Å². The van der Waals surface area contributed by atoms with Gasteiger partial charge in [-0.1, -0.05) is 26.7 Å². The molecule has 0 spiro atoms. The molecular formula is C17H32O4Si. The van der Waals surface area contributed by atoms with E-state index in [2.05, 4.69) is 45.7 Å². The topological polar surface area (TPSA) is 47.9 Å². The van der Waals surface area contributed by atoms with Crippen LogP contribution in [-0.2, 0) is 13.9 Å². The van der Waals surface area contributed by atoms with Crippen LogP contribution in [0.5, 0.6) is 0 Å². The first-order valence-electron chi connectivity index (χ1n) is 8.26. The van der Waals surface area contributed by atoms with E-state index in [0.29, 0.717) is 26.2 Å². The van der Waals surface area contributed by atoms with Crippen molar-refractivity contribution < 1.29 is 19.0 Å². The van der Waals surface area contributed by atoms with E-state index in [0.717, 1.165) is 19.3 Å². The second-order valence-corrected chi connectivity index (χ2v) is 12.1. The number of hydrogen-bond acceptors (Lipinski definition) is 4. The minimum atomic E-state index is -1.72. The third-order valence-electron chi connectivity index (χ3n) is 4.36. The van der Waals surface area contributed by atoms with Crippen LogP contribution in [-0.4, -0.2) is 45.6 Å². The molecule has 1 heterocycles. The highest BCUT2D eigenvalue weighted by molar-refractivity contribution is 6.74. The molecule has 0 amide bonds. The Balaban J connectivity index is 2.12. The Kier molecular flexibility index (Phi) is 8.08. The highest BCUT2D eigenvalue weighted by Crippen LogP contribution is 2.36. The quantitative estimate of drug-likeness (QED) is 0.442. The van der Waals surface area contributed by atoms with Gasteiger partial charge in [-0.3, -0.25) is 0 Å². The second-order valence-electron chi connectivity index (χ2n) is 7.30. The Morgan fingerprint density at radius 2 is 1.91 bits per heavy atom. The number of ether oxygens (including phenoxy) is 2. The molecule has 0 radical (unpaired) electrons.